The summed E-state index contributed by atoms with van der Waals surface area (Å²) in [7, 11) is 1.69. The van der Waals surface area contributed by atoms with E-state index < -0.39 is 0 Å². The van der Waals surface area contributed by atoms with Gasteiger partial charge in [-0.3, -0.25) is 0 Å². The largest absolute Gasteiger partial charge is 0.501 e. The molecule has 0 amide bonds. The van der Waals surface area contributed by atoms with Crippen LogP contribution in [0.2, 0.25) is 0 Å². The molecule has 0 atom stereocenters. The molecule has 3 heteroatoms. The van der Waals surface area contributed by atoms with Gasteiger partial charge in [0.2, 0.25) is 0 Å². The fourth-order valence-electron chi connectivity index (χ4n) is 1.81. The van der Waals surface area contributed by atoms with Crippen LogP contribution in [0.25, 0.3) is 0 Å². The number of hydrogen-bond acceptors (Lipinski definition) is 2. The molecule has 0 unspecified atom stereocenters. The van der Waals surface area contributed by atoms with Crippen molar-refractivity contribution < 1.29 is 14.0 Å². The summed E-state index contributed by atoms with van der Waals surface area (Å²) in [6, 6.07) is 0. The van der Waals surface area contributed by atoms with Gasteiger partial charge in [0.1, 0.15) is 13.2 Å². The maximum atomic E-state index is 5.38. The zero-order chi connectivity index (χ0) is 15.2. The molecule has 0 N–H and O–H groups in total. The molecule has 0 aromatic carbocycles. The molecule has 114 valence electrons. The van der Waals surface area contributed by atoms with E-state index in [4.69, 9.17) is 9.47 Å². The summed E-state index contributed by atoms with van der Waals surface area (Å²) in [5, 5.41) is 0. The lowest BCUT2D eigenvalue weighted by Crippen LogP contribution is -2.32. The second-order valence-electron chi connectivity index (χ2n) is 4.20. The van der Waals surface area contributed by atoms with Crippen molar-refractivity contribution in [1.82, 2.24) is 0 Å². The molecule has 1 saturated heterocycles. The van der Waals surface area contributed by atoms with E-state index in [-0.39, 0.29) is 0 Å². The quantitative estimate of drug-likeness (QED) is 0.436. The molecule has 20 heavy (non-hydrogen) atoms. The molecule has 3 nitrogen and oxygen atoms in total. The van der Waals surface area contributed by atoms with Gasteiger partial charge in [-0.2, -0.15) is 0 Å². The number of ether oxygens (including phenoxy) is 2. The lowest BCUT2D eigenvalue weighted by molar-refractivity contribution is -0.549. The van der Waals surface area contributed by atoms with Gasteiger partial charge in [0, 0.05) is 6.08 Å². The third-order valence-electron chi connectivity index (χ3n) is 2.89. The van der Waals surface area contributed by atoms with Gasteiger partial charge < -0.3 is 9.47 Å². The molecule has 0 radical (unpaired) electrons. The van der Waals surface area contributed by atoms with Crippen molar-refractivity contribution in [3.05, 3.63) is 36.1 Å². The zero-order valence-electron chi connectivity index (χ0n) is 13.7. The highest BCUT2D eigenvalue weighted by Gasteiger charge is 2.15. The van der Waals surface area contributed by atoms with Crippen molar-refractivity contribution in [2.75, 3.05) is 33.4 Å². The van der Waals surface area contributed by atoms with Gasteiger partial charge >= 0.3 is 0 Å². The SMILES string of the molecule is C/C=C\C(C/C=C\C=C(/C)OC)=[N+]1CCOCC1.CC. The lowest BCUT2D eigenvalue weighted by Gasteiger charge is -2.12. The summed E-state index contributed by atoms with van der Waals surface area (Å²) in [4.78, 5) is 0. The molecule has 1 aliphatic rings. The summed E-state index contributed by atoms with van der Waals surface area (Å²) >= 11 is 0. The van der Waals surface area contributed by atoms with Crippen LogP contribution in [0.5, 0.6) is 0 Å². The standard InChI is InChI=1S/C15H24NO2.C2H6/c1-4-7-15(16-10-12-18-13-11-16)9-6-5-8-14(2)17-3;1-2/h4-8H,9-13H2,1-3H3;1-2H3/q+1;/b6-5-,7-4-,14-8+;. The van der Waals surface area contributed by atoms with Gasteiger partial charge in [0.25, 0.3) is 0 Å². The van der Waals surface area contributed by atoms with Crippen LogP contribution in [0.4, 0.5) is 0 Å². The van der Waals surface area contributed by atoms with Crippen LogP contribution in [-0.2, 0) is 9.47 Å². The molecular formula is C17H30NO2+. The number of hydrogen-bond donors (Lipinski definition) is 0. The molecular weight excluding hydrogens is 250 g/mol. The van der Waals surface area contributed by atoms with Gasteiger partial charge in [-0.25, -0.2) is 4.58 Å². The first kappa shape index (κ1) is 18.7. The summed E-state index contributed by atoms with van der Waals surface area (Å²) < 4.78 is 12.8. The van der Waals surface area contributed by atoms with E-state index in [2.05, 4.69) is 29.7 Å². The third kappa shape index (κ3) is 7.95. The van der Waals surface area contributed by atoms with Crippen LogP contribution in [-0.4, -0.2) is 43.7 Å². The second-order valence-corrected chi connectivity index (χ2v) is 4.20. The van der Waals surface area contributed by atoms with Gasteiger partial charge in [-0.1, -0.05) is 32.1 Å². The van der Waals surface area contributed by atoms with E-state index in [0.717, 1.165) is 38.5 Å². The van der Waals surface area contributed by atoms with Gasteiger partial charge in [0.05, 0.1) is 19.3 Å². The predicted molar refractivity (Wildman–Crippen MR) is 86.5 cm³/mol. The van der Waals surface area contributed by atoms with Crippen LogP contribution < -0.4 is 0 Å². The second kappa shape index (κ2) is 12.7. The minimum absolute atomic E-state index is 0.827. The van der Waals surface area contributed by atoms with E-state index in [9.17, 15) is 0 Å². The highest BCUT2D eigenvalue weighted by atomic mass is 16.5. The van der Waals surface area contributed by atoms with E-state index in [1.807, 2.05) is 32.9 Å². The van der Waals surface area contributed by atoms with Gasteiger partial charge in [0.15, 0.2) is 18.8 Å². The molecule has 1 fully saturated rings. The number of allylic oxidation sites excluding steroid dienone is 6. The van der Waals surface area contributed by atoms with E-state index >= 15 is 0 Å². The fraction of sp³-hybridized carbons (Fsp3) is 0.588. The Hall–Kier alpha value is -1.35. The maximum absolute atomic E-state index is 5.38. The Bertz CT molecular complexity index is 357. The first-order valence-corrected chi connectivity index (χ1v) is 7.46. The van der Waals surface area contributed by atoms with Crippen molar-refractivity contribution in [3.8, 4) is 0 Å². The third-order valence-corrected chi connectivity index (χ3v) is 2.89. The Kier molecular flexibility index (Phi) is 11.8. The van der Waals surface area contributed by atoms with E-state index in [1.54, 1.807) is 7.11 Å². The monoisotopic (exact) mass is 280 g/mol. The number of rotatable bonds is 5. The molecule has 0 bridgehead atoms. The van der Waals surface area contributed by atoms with Crippen molar-refractivity contribution in [2.24, 2.45) is 0 Å². The van der Waals surface area contributed by atoms with Crippen molar-refractivity contribution >= 4 is 5.71 Å². The van der Waals surface area contributed by atoms with Crippen LogP contribution in [0.3, 0.4) is 0 Å². The predicted octanol–water partition coefficient (Wildman–Crippen LogP) is 3.57. The number of methoxy groups -OCH3 is 1. The minimum atomic E-state index is 0.827. The normalized spacial score (nSPS) is 16.2. The van der Waals surface area contributed by atoms with Crippen molar-refractivity contribution in [1.29, 1.82) is 0 Å². The van der Waals surface area contributed by atoms with Gasteiger partial charge in [-0.15, -0.1) is 0 Å². The van der Waals surface area contributed by atoms with Crippen LogP contribution in [0.15, 0.2) is 36.1 Å². The first-order chi connectivity index (χ1) is 9.77. The number of morpholine rings is 1. The average molecular weight is 280 g/mol. The molecule has 1 rings (SSSR count). The first-order valence-electron chi connectivity index (χ1n) is 7.46. The summed E-state index contributed by atoms with van der Waals surface area (Å²) in [6.45, 7) is 11.6. The highest BCUT2D eigenvalue weighted by molar-refractivity contribution is 5.91. The fourth-order valence-corrected chi connectivity index (χ4v) is 1.81. The Morgan fingerprint density at radius 3 is 2.45 bits per heavy atom. The lowest BCUT2D eigenvalue weighted by atomic mass is 10.2. The number of nitrogens with zero attached hydrogens (tertiary/aromatic N) is 1. The Morgan fingerprint density at radius 2 is 1.90 bits per heavy atom. The topological polar surface area (TPSA) is 21.5 Å². The molecule has 0 aliphatic carbocycles. The van der Waals surface area contributed by atoms with Crippen LogP contribution >= 0.6 is 0 Å². The molecule has 0 aromatic rings. The van der Waals surface area contributed by atoms with E-state index in [1.165, 1.54) is 5.71 Å². The molecule has 1 aliphatic heterocycles. The van der Waals surface area contributed by atoms with Gasteiger partial charge in [-0.05, 0) is 19.9 Å². The summed E-state index contributed by atoms with van der Waals surface area (Å²) in [5.41, 5.74) is 1.35. The zero-order valence-corrected chi connectivity index (χ0v) is 13.7. The summed E-state index contributed by atoms with van der Waals surface area (Å²) in [5.74, 6) is 0.921. The average Bonchev–Trinajstić information content (AvgIpc) is 2.53. The van der Waals surface area contributed by atoms with E-state index in [0.29, 0.717) is 0 Å². The summed E-state index contributed by atoms with van der Waals surface area (Å²) in [6.07, 6.45) is 11.4. The highest BCUT2D eigenvalue weighted by Crippen LogP contribution is 1.99. The molecule has 0 saturated carbocycles. The van der Waals surface area contributed by atoms with Crippen LogP contribution in [0.1, 0.15) is 34.1 Å². The molecule has 0 aromatic heterocycles. The smallest absolute Gasteiger partial charge is 0.179 e. The Labute approximate surface area is 124 Å². The molecule has 1 heterocycles. The van der Waals surface area contributed by atoms with Crippen molar-refractivity contribution in [3.63, 3.8) is 0 Å². The minimum Gasteiger partial charge on any atom is -0.501 e. The molecule has 0 spiro atoms. The Balaban J connectivity index is 0.00000172. The Morgan fingerprint density at radius 1 is 1.25 bits per heavy atom. The van der Waals surface area contributed by atoms with Crippen molar-refractivity contribution in [2.45, 2.75) is 34.1 Å². The maximum Gasteiger partial charge on any atom is 0.179 e. The van der Waals surface area contributed by atoms with Crippen LogP contribution in [0, 0.1) is 0 Å².